The molecular formula is C16H21N5O2. The van der Waals surface area contributed by atoms with Gasteiger partial charge >= 0.3 is 0 Å². The third kappa shape index (κ3) is 2.99. The van der Waals surface area contributed by atoms with Gasteiger partial charge in [0.2, 0.25) is 5.91 Å². The Balaban J connectivity index is 1.68. The molecule has 23 heavy (non-hydrogen) atoms. The van der Waals surface area contributed by atoms with E-state index in [0.717, 1.165) is 12.1 Å². The highest BCUT2D eigenvalue weighted by atomic mass is 16.2. The second kappa shape index (κ2) is 5.91. The number of likely N-dealkylation sites (tertiary alicyclic amines) is 1. The van der Waals surface area contributed by atoms with Gasteiger partial charge < -0.3 is 14.8 Å². The summed E-state index contributed by atoms with van der Waals surface area (Å²) < 4.78 is 3.74. The molecule has 7 nitrogen and oxygen atoms in total. The predicted octanol–water partition coefficient (Wildman–Crippen LogP) is 1.58. The Kier molecular flexibility index (Phi) is 3.94. The highest BCUT2D eigenvalue weighted by Crippen LogP contribution is 2.24. The largest absolute Gasteiger partial charge is 0.344 e. The van der Waals surface area contributed by atoms with Gasteiger partial charge in [0.25, 0.3) is 5.91 Å². The molecule has 0 bridgehead atoms. The third-order valence-corrected chi connectivity index (χ3v) is 4.33. The van der Waals surface area contributed by atoms with Gasteiger partial charge in [-0.3, -0.25) is 14.3 Å². The number of anilines is 1. The van der Waals surface area contributed by atoms with Gasteiger partial charge in [-0.25, -0.2) is 0 Å². The van der Waals surface area contributed by atoms with Gasteiger partial charge in [-0.05, 0) is 25.5 Å². The van der Waals surface area contributed by atoms with Gasteiger partial charge in [0.05, 0.1) is 6.04 Å². The van der Waals surface area contributed by atoms with Crippen LogP contribution in [-0.4, -0.2) is 44.2 Å². The van der Waals surface area contributed by atoms with Crippen molar-refractivity contribution in [1.82, 2.24) is 19.2 Å². The van der Waals surface area contributed by atoms with E-state index in [1.54, 1.807) is 6.07 Å². The molecule has 2 aromatic rings. The molecule has 2 amide bonds. The maximum absolute atomic E-state index is 12.6. The van der Waals surface area contributed by atoms with Crippen molar-refractivity contribution >= 4 is 17.6 Å². The van der Waals surface area contributed by atoms with E-state index >= 15 is 0 Å². The van der Waals surface area contributed by atoms with Crippen LogP contribution in [0, 0.1) is 6.92 Å². The molecule has 1 N–H and O–H groups in total. The number of carbonyl (C=O) groups is 2. The van der Waals surface area contributed by atoms with E-state index in [9.17, 15) is 9.59 Å². The fourth-order valence-electron chi connectivity index (χ4n) is 2.92. The normalized spacial score (nSPS) is 17.5. The fraction of sp³-hybridized carbons (Fsp3) is 0.438. The topological polar surface area (TPSA) is 72.2 Å². The SMILES string of the molecule is CC(=O)Nc1ccn(C2CCN(C(=O)c3ccc(C)n3C)C2)n1. The lowest BCUT2D eigenvalue weighted by molar-refractivity contribution is -0.114. The second-order valence-electron chi connectivity index (χ2n) is 5.97. The van der Waals surface area contributed by atoms with E-state index in [1.807, 2.05) is 46.4 Å². The van der Waals surface area contributed by atoms with Crippen LogP contribution in [0.4, 0.5) is 5.82 Å². The maximum Gasteiger partial charge on any atom is 0.270 e. The summed E-state index contributed by atoms with van der Waals surface area (Å²) in [6.45, 7) is 4.78. The zero-order valence-electron chi connectivity index (χ0n) is 13.6. The van der Waals surface area contributed by atoms with Gasteiger partial charge in [-0.15, -0.1) is 0 Å². The summed E-state index contributed by atoms with van der Waals surface area (Å²) in [6, 6.07) is 5.73. The third-order valence-electron chi connectivity index (χ3n) is 4.33. The summed E-state index contributed by atoms with van der Waals surface area (Å²) in [7, 11) is 1.91. The number of rotatable bonds is 3. The molecule has 1 fully saturated rings. The Labute approximate surface area is 134 Å². The number of amides is 2. The van der Waals surface area contributed by atoms with Crippen LogP contribution in [0.15, 0.2) is 24.4 Å². The van der Waals surface area contributed by atoms with Crippen LogP contribution in [0.25, 0.3) is 0 Å². The number of hydrogen-bond acceptors (Lipinski definition) is 3. The molecule has 0 aliphatic carbocycles. The van der Waals surface area contributed by atoms with Crippen molar-refractivity contribution in [3.05, 3.63) is 35.8 Å². The van der Waals surface area contributed by atoms with E-state index in [0.29, 0.717) is 24.6 Å². The van der Waals surface area contributed by atoms with Crippen LogP contribution < -0.4 is 5.32 Å². The first-order valence-corrected chi connectivity index (χ1v) is 7.70. The summed E-state index contributed by atoms with van der Waals surface area (Å²) >= 11 is 0. The molecule has 1 aliphatic heterocycles. The molecular weight excluding hydrogens is 294 g/mol. The van der Waals surface area contributed by atoms with E-state index in [4.69, 9.17) is 0 Å². The molecule has 3 rings (SSSR count). The average Bonchev–Trinajstić information content (AvgIpc) is 3.20. The van der Waals surface area contributed by atoms with Crippen LogP contribution >= 0.6 is 0 Å². The van der Waals surface area contributed by atoms with Crippen LogP contribution in [0.5, 0.6) is 0 Å². The minimum Gasteiger partial charge on any atom is -0.344 e. The summed E-state index contributed by atoms with van der Waals surface area (Å²) in [4.78, 5) is 25.5. The van der Waals surface area contributed by atoms with Crippen molar-refractivity contribution in [3.63, 3.8) is 0 Å². The number of hydrogen-bond donors (Lipinski definition) is 1. The Morgan fingerprint density at radius 3 is 2.74 bits per heavy atom. The summed E-state index contributed by atoms with van der Waals surface area (Å²) in [5, 5.41) is 7.03. The minimum absolute atomic E-state index is 0.0531. The summed E-state index contributed by atoms with van der Waals surface area (Å²) in [5.41, 5.74) is 1.78. The Hall–Kier alpha value is -2.57. The number of aryl methyl sites for hydroxylation is 1. The Morgan fingerprint density at radius 1 is 1.30 bits per heavy atom. The van der Waals surface area contributed by atoms with Crippen molar-refractivity contribution < 1.29 is 9.59 Å². The van der Waals surface area contributed by atoms with Gasteiger partial charge in [-0.2, -0.15) is 5.10 Å². The Morgan fingerprint density at radius 2 is 2.09 bits per heavy atom. The first kappa shape index (κ1) is 15.3. The molecule has 3 heterocycles. The van der Waals surface area contributed by atoms with Crippen molar-refractivity contribution in [3.8, 4) is 0 Å². The van der Waals surface area contributed by atoms with Crippen LogP contribution in [-0.2, 0) is 11.8 Å². The standard InChI is InChI=1S/C16H21N5O2/c1-11-4-5-14(19(11)3)16(23)20-8-6-13(10-20)21-9-7-15(18-21)17-12(2)22/h4-5,7,9,13H,6,8,10H2,1-3H3,(H,17,18,22). The summed E-state index contributed by atoms with van der Waals surface area (Å²) in [6.07, 6.45) is 2.70. The van der Waals surface area contributed by atoms with Crippen LogP contribution in [0.1, 0.15) is 35.6 Å². The molecule has 1 saturated heterocycles. The first-order chi connectivity index (χ1) is 11.0. The lowest BCUT2D eigenvalue weighted by atomic mass is 10.3. The quantitative estimate of drug-likeness (QED) is 0.934. The van der Waals surface area contributed by atoms with E-state index in [2.05, 4.69) is 10.4 Å². The molecule has 0 radical (unpaired) electrons. The molecule has 0 saturated carbocycles. The van der Waals surface area contributed by atoms with Crippen LogP contribution in [0.2, 0.25) is 0 Å². The molecule has 1 aliphatic rings. The lowest BCUT2D eigenvalue weighted by Gasteiger charge is -2.17. The molecule has 2 aromatic heterocycles. The van der Waals surface area contributed by atoms with Gasteiger partial charge in [0.15, 0.2) is 5.82 Å². The minimum atomic E-state index is -0.141. The zero-order valence-corrected chi connectivity index (χ0v) is 13.6. The zero-order chi connectivity index (χ0) is 16.6. The van der Waals surface area contributed by atoms with E-state index < -0.39 is 0 Å². The molecule has 1 atom stereocenters. The highest BCUT2D eigenvalue weighted by molar-refractivity contribution is 5.93. The molecule has 1 unspecified atom stereocenters. The van der Waals surface area contributed by atoms with Crippen molar-refractivity contribution in [2.45, 2.75) is 26.3 Å². The number of nitrogens with zero attached hydrogens (tertiary/aromatic N) is 4. The predicted molar refractivity (Wildman–Crippen MR) is 86.2 cm³/mol. The Bertz CT molecular complexity index is 745. The fourth-order valence-corrected chi connectivity index (χ4v) is 2.92. The monoisotopic (exact) mass is 315 g/mol. The lowest BCUT2D eigenvalue weighted by Crippen LogP contribution is -2.30. The van der Waals surface area contributed by atoms with Gasteiger partial charge in [-0.1, -0.05) is 0 Å². The average molecular weight is 315 g/mol. The van der Waals surface area contributed by atoms with Gasteiger partial charge in [0.1, 0.15) is 5.69 Å². The maximum atomic E-state index is 12.6. The van der Waals surface area contributed by atoms with E-state index in [1.165, 1.54) is 6.92 Å². The van der Waals surface area contributed by atoms with Crippen molar-refractivity contribution in [2.24, 2.45) is 7.05 Å². The first-order valence-electron chi connectivity index (χ1n) is 7.70. The number of aromatic nitrogens is 3. The molecule has 0 aromatic carbocycles. The molecule has 7 heteroatoms. The van der Waals surface area contributed by atoms with Crippen molar-refractivity contribution in [1.29, 1.82) is 0 Å². The molecule has 0 spiro atoms. The van der Waals surface area contributed by atoms with E-state index in [-0.39, 0.29) is 17.9 Å². The van der Waals surface area contributed by atoms with Gasteiger partial charge in [0, 0.05) is 45.0 Å². The molecule has 122 valence electrons. The van der Waals surface area contributed by atoms with Crippen molar-refractivity contribution in [2.75, 3.05) is 18.4 Å². The van der Waals surface area contributed by atoms with Crippen LogP contribution in [0.3, 0.4) is 0 Å². The number of nitrogens with one attached hydrogen (secondary N) is 1. The second-order valence-corrected chi connectivity index (χ2v) is 5.97. The number of carbonyl (C=O) groups excluding carboxylic acids is 2. The smallest absolute Gasteiger partial charge is 0.270 e. The highest BCUT2D eigenvalue weighted by Gasteiger charge is 2.29. The summed E-state index contributed by atoms with van der Waals surface area (Å²) in [5.74, 6) is 0.454.